The quantitative estimate of drug-likeness (QED) is 0.896. The van der Waals surface area contributed by atoms with Crippen molar-refractivity contribution in [3.8, 4) is 0 Å². The summed E-state index contributed by atoms with van der Waals surface area (Å²) < 4.78 is 13.1. The van der Waals surface area contributed by atoms with E-state index in [1.54, 1.807) is 6.07 Å². The summed E-state index contributed by atoms with van der Waals surface area (Å²) in [7, 11) is 5.96. The SMILES string of the molecule is CNC(Cc1ccc(F)cc1Cl)c1cccc(N(C)C)c1. The van der Waals surface area contributed by atoms with Gasteiger partial charge in [0.2, 0.25) is 0 Å². The number of rotatable bonds is 5. The van der Waals surface area contributed by atoms with Crippen molar-refractivity contribution in [3.63, 3.8) is 0 Å². The Morgan fingerprint density at radius 1 is 1.19 bits per heavy atom. The Hall–Kier alpha value is -1.58. The average Bonchev–Trinajstić information content (AvgIpc) is 2.46. The topological polar surface area (TPSA) is 15.3 Å². The Balaban J connectivity index is 2.25. The third-order valence-electron chi connectivity index (χ3n) is 3.58. The summed E-state index contributed by atoms with van der Waals surface area (Å²) in [6, 6.07) is 13.0. The third kappa shape index (κ3) is 3.96. The second-order valence-corrected chi connectivity index (χ2v) is 5.68. The number of halogens is 2. The normalized spacial score (nSPS) is 12.2. The van der Waals surface area contributed by atoms with Crippen LogP contribution in [0.1, 0.15) is 17.2 Å². The molecule has 4 heteroatoms. The molecule has 0 aliphatic carbocycles. The van der Waals surface area contributed by atoms with E-state index in [1.165, 1.54) is 17.7 Å². The van der Waals surface area contributed by atoms with Gasteiger partial charge in [0.05, 0.1) is 0 Å². The highest BCUT2D eigenvalue weighted by atomic mass is 35.5. The van der Waals surface area contributed by atoms with Crippen molar-refractivity contribution in [2.24, 2.45) is 0 Å². The van der Waals surface area contributed by atoms with Crippen molar-refractivity contribution in [3.05, 3.63) is 64.4 Å². The molecule has 0 aliphatic heterocycles. The van der Waals surface area contributed by atoms with Crippen LogP contribution in [-0.4, -0.2) is 21.1 Å². The van der Waals surface area contributed by atoms with Crippen LogP contribution in [0.5, 0.6) is 0 Å². The van der Waals surface area contributed by atoms with Gasteiger partial charge in [-0.05, 0) is 48.9 Å². The molecular formula is C17H20ClFN2. The van der Waals surface area contributed by atoms with Gasteiger partial charge in [0, 0.05) is 30.8 Å². The number of hydrogen-bond donors (Lipinski definition) is 1. The lowest BCUT2D eigenvalue weighted by Crippen LogP contribution is -2.19. The number of nitrogens with zero attached hydrogens (tertiary/aromatic N) is 1. The van der Waals surface area contributed by atoms with Crippen LogP contribution in [0.15, 0.2) is 42.5 Å². The van der Waals surface area contributed by atoms with Crippen LogP contribution < -0.4 is 10.2 Å². The summed E-state index contributed by atoms with van der Waals surface area (Å²) in [5.41, 5.74) is 3.27. The van der Waals surface area contributed by atoms with Crippen LogP contribution >= 0.6 is 11.6 Å². The summed E-state index contributed by atoms with van der Waals surface area (Å²) in [6.45, 7) is 0. The van der Waals surface area contributed by atoms with Gasteiger partial charge < -0.3 is 10.2 Å². The van der Waals surface area contributed by atoms with E-state index in [0.29, 0.717) is 11.4 Å². The molecule has 0 saturated heterocycles. The van der Waals surface area contributed by atoms with E-state index >= 15 is 0 Å². The molecular weight excluding hydrogens is 287 g/mol. The fraction of sp³-hybridized carbons (Fsp3) is 0.294. The van der Waals surface area contributed by atoms with E-state index in [-0.39, 0.29) is 11.9 Å². The van der Waals surface area contributed by atoms with Gasteiger partial charge in [0.15, 0.2) is 0 Å². The fourth-order valence-corrected chi connectivity index (χ4v) is 2.56. The number of anilines is 1. The molecule has 0 saturated carbocycles. The summed E-state index contributed by atoms with van der Waals surface area (Å²) in [5, 5.41) is 3.78. The summed E-state index contributed by atoms with van der Waals surface area (Å²) in [6.07, 6.45) is 0.715. The maximum atomic E-state index is 13.1. The third-order valence-corrected chi connectivity index (χ3v) is 3.93. The van der Waals surface area contributed by atoms with E-state index in [0.717, 1.165) is 11.3 Å². The first-order valence-electron chi connectivity index (χ1n) is 6.89. The van der Waals surface area contributed by atoms with Gasteiger partial charge in [-0.2, -0.15) is 0 Å². The van der Waals surface area contributed by atoms with E-state index in [4.69, 9.17) is 11.6 Å². The molecule has 2 aromatic rings. The minimum Gasteiger partial charge on any atom is -0.378 e. The van der Waals surface area contributed by atoms with Crippen LogP contribution in [0.2, 0.25) is 5.02 Å². The molecule has 0 aromatic heterocycles. The van der Waals surface area contributed by atoms with Crippen molar-refractivity contribution in [2.75, 3.05) is 26.0 Å². The molecule has 2 aromatic carbocycles. The molecule has 2 rings (SSSR count). The molecule has 0 spiro atoms. The Labute approximate surface area is 130 Å². The summed E-state index contributed by atoms with van der Waals surface area (Å²) in [4.78, 5) is 2.07. The molecule has 1 unspecified atom stereocenters. The lowest BCUT2D eigenvalue weighted by Gasteiger charge is -2.20. The second-order valence-electron chi connectivity index (χ2n) is 5.27. The predicted molar refractivity (Wildman–Crippen MR) is 87.7 cm³/mol. The largest absolute Gasteiger partial charge is 0.378 e. The van der Waals surface area contributed by atoms with E-state index < -0.39 is 0 Å². The van der Waals surface area contributed by atoms with Crippen LogP contribution in [0, 0.1) is 5.82 Å². The van der Waals surface area contributed by atoms with Crippen molar-refractivity contribution >= 4 is 17.3 Å². The van der Waals surface area contributed by atoms with Crippen molar-refractivity contribution in [1.29, 1.82) is 0 Å². The van der Waals surface area contributed by atoms with Crippen LogP contribution in [-0.2, 0) is 6.42 Å². The van der Waals surface area contributed by atoms with Crippen LogP contribution in [0.25, 0.3) is 0 Å². The van der Waals surface area contributed by atoms with Crippen molar-refractivity contribution < 1.29 is 4.39 Å². The molecule has 0 fully saturated rings. The summed E-state index contributed by atoms with van der Waals surface area (Å²) >= 11 is 6.12. The fourth-order valence-electron chi connectivity index (χ4n) is 2.31. The Bertz CT molecular complexity index is 613. The lowest BCUT2D eigenvalue weighted by atomic mass is 9.98. The number of benzene rings is 2. The predicted octanol–water partition coefficient (Wildman–Crippen LogP) is 4.05. The Morgan fingerprint density at radius 3 is 2.57 bits per heavy atom. The molecule has 0 aliphatic rings. The molecule has 0 radical (unpaired) electrons. The highest BCUT2D eigenvalue weighted by Crippen LogP contribution is 2.26. The first-order valence-corrected chi connectivity index (χ1v) is 7.27. The Kier molecular flexibility index (Phi) is 5.21. The van der Waals surface area contributed by atoms with Gasteiger partial charge in [-0.15, -0.1) is 0 Å². The first-order chi connectivity index (χ1) is 10.0. The van der Waals surface area contributed by atoms with Gasteiger partial charge in [-0.25, -0.2) is 4.39 Å². The molecule has 112 valence electrons. The molecule has 0 bridgehead atoms. The highest BCUT2D eigenvalue weighted by Gasteiger charge is 2.13. The number of likely N-dealkylation sites (N-methyl/N-ethyl adjacent to an activating group) is 1. The van der Waals surface area contributed by atoms with Crippen molar-refractivity contribution in [1.82, 2.24) is 5.32 Å². The maximum Gasteiger partial charge on any atom is 0.124 e. The molecule has 0 heterocycles. The minimum absolute atomic E-state index is 0.132. The zero-order valence-electron chi connectivity index (χ0n) is 12.5. The highest BCUT2D eigenvalue weighted by molar-refractivity contribution is 6.31. The van der Waals surface area contributed by atoms with Gasteiger partial charge in [-0.3, -0.25) is 0 Å². The van der Waals surface area contributed by atoms with Gasteiger partial charge in [0.1, 0.15) is 5.82 Å². The van der Waals surface area contributed by atoms with Crippen LogP contribution in [0.3, 0.4) is 0 Å². The molecule has 1 atom stereocenters. The first kappa shape index (κ1) is 15.8. The monoisotopic (exact) mass is 306 g/mol. The zero-order valence-corrected chi connectivity index (χ0v) is 13.3. The average molecular weight is 307 g/mol. The van der Waals surface area contributed by atoms with Crippen molar-refractivity contribution in [2.45, 2.75) is 12.5 Å². The maximum absolute atomic E-state index is 13.1. The van der Waals surface area contributed by atoms with E-state index in [2.05, 4.69) is 28.4 Å². The molecule has 1 N–H and O–H groups in total. The van der Waals surface area contributed by atoms with E-state index in [1.807, 2.05) is 27.2 Å². The standard InChI is InChI=1S/C17H20ClFN2/c1-20-17(10-12-7-8-14(19)11-16(12)18)13-5-4-6-15(9-13)21(2)3/h4-9,11,17,20H,10H2,1-3H3. The number of nitrogens with one attached hydrogen (secondary N) is 1. The molecule has 21 heavy (non-hydrogen) atoms. The minimum atomic E-state index is -0.306. The van der Waals surface area contributed by atoms with Crippen LogP contribution in [0.4, 0.5) is 10.1 Å². The Morgan fingerprint density at radius 2 is 1.95 bits per heavy atom. The molecule has 2 nitrogen and oxygen atoms in total. The molecule has 0 amide bonds. The lowest BCUT2D eigenvalue weighted by molar-refractivity contribution is 0.589. The smallest absolute Gasteiger partial charge is 0.124 e. The number of hydrogen-bond acceptors (Lipinski definition) is 2. The van der Waals surface area contributed by atoms with Gasteiger partial charge >= 0.3 is 0 Å². The van der Waals surface area contributed by atoms with Gasteiger partial charge in [0.25, 0.3) is 0 Å². The summed E-state index contributed by atoms with van der Waals surface area (Å²) in [5.74, 6) is -0.306. The van der Waals surface area contributed by atoms with Gasteiger partial charge in [-0.1, -0.05) is 29.8 Å². The second kappa shape index (κ2) is 6.92. The van der Waals surface area contributed by atoms with E-state index in [9.17, 15) is 4.39 Å². The zero-order chi connectivity index (χ0) is 15.4.